The number of nitrogens with zero attached hydrogens (tertiary/aromatic N) is 5. The second-order valence-electron chi connectivity index (χ2n) is 8.41. The van der Waals surface area contributed by atoms with Crippen molar-refractivity contribution in [2.24, 2.45) is 0 Å². The minimum Gasteiger partial charge on any atom is -0.292 e. The predicted octanol–water partition coefficient (Wildman–Crippen LogP) is 5.53. The number of unbranched alkanes of at least 4 members (excludes halogenated alkanes) is 1. The Hall–Kier alpha value is -3.97. The van der Waals surface area contributed by atoms with Gasteiger partial charge in [0.15, 0.2) is 5.82 Å². The van der Waals surface area contributed by atoms with Crippen LogP contribution in [0.4, 0.5) is 0 Å². The van der Waals surface area contributed by atoms with E-state index in [4.69, 9.17) is 11.6 Å². The summed E-state index contributed by atoms with van der Waals surface area (Å²) in [6, 6.07) is 23.7. The fourth-order valence-corrected chi connectivity index (χ4v) is 4.49. The number of aromatic nitrogens is 6. The molecule has 0 unspecified atom stereocenters. The van der Waals surface area contributed by atoms with Crippen molar-refractivity contribution >= 4 is 11.6 Å². The zero-order chi connectivity index (χ0) is 24.2. The first-order valence-electron chi connectivity index (χ1n) is 11.6. The van der Waals surface area contributed by atoms with Crippen LogP contribution in [-0.2, 0) is 13.0 Å². The Balaban J connectivity index is 1.47. The van der Waals surface area contributed by atoms with Gasteiger partial charge in [-0.2, -0.15) is 0 Å². The molecule has 0 saturated carbocycles. The van der Waals surface area contributed by atoms with Crippen LogP contribution in [0.15, 0.2) is 83.8 Å². The van der Waals surface area contributed by atoms with Gasteiger partial charge in [-0.3, -0.25) is 9.13 Å². The van der Waals surface area contributed by atoms with Gasteiger partial charge in [-0.1, -0.05) is 85.6 Å². The van der Waals surface area contributed by atoms with Gasteiger partial charge in [-0.25, -0.2) is 9.89 Å². The Labute approximate surface area is 208 Å². The number of H-pyrrole nitrogens is 1. The molecule has 1 N–H and O–H groups in total. The van der Waals surface area contributed by atoms with E-state index in [2.05, 4.69) is 51.8 Å². The monoisotopic (exact) mass is 484 g/mol. The first-order valence-corrected chi connectivity index (χ1v) is 12.0. The van der Waals surface area contributed by atoms with Crippen molar-refractivity contribution in [1.82, 2.24) is 29.8 Å². The number of tetrazole rings is 1. The summed E-state index contributed by atoms with van der Waals surface area (Å²) in [7, 11) is 0. The van der Waals surface area contributed by atoms with Crippen molar-refractivity contribution in [2.75, 3.05) is 0 Å². The predicted molar refractivity (Wildman–Crippen MR) is 138 cm³/mol. The fraction of sp³-hybridized carbons (Fsp3) is 0.185. The van der Waals surface area contributed by atoms with Gasteiger partial charge in [0.05, 0.1) is 17.3 Å². The number of benzene rings is 3. The average molecular weight is 485 g/mol. The third-order valence-electron chi connectivity index (χ3n) is 6.09. The minimum atomic E-state index is -0.0866. The first-order chi connectivity index (χ1) is 17.2. The van der Waals surface area contributed by atoms with Gasteiger partial charge in [-0.05, 0) is 52.1 Å². The largest absolute Gasteiger partial charge is 0.333 e. The van der Waals surface area contributed by atoms with Crippen LogP contribution in [0.1, 0.15) is 31.0 Å². The highest BCUT2D eigenvalue weighted by Gasteiger charge is 2.15. The summed E-state index contributed by atoms with van der Waals surface area (Å²) < 4.78 is 3.51. The summed E-state index contributed by atoms with van der Waals surface area (Å²) in [5.41, 5.74) is 5.67. The van der Waals surface area contributed by atoms with E-state index in [1.54, 1.807) is 10.6 Å². The molecule has 3 aromatic carbocycles. The Morgan fingerprint density at radius 3 is 2.40 bits per heavy atom. The van der Waals surface area contributed by atoms with E-state index in [0.717, 1.165) is 47.2 Å². The Morgan fingerprint density at radius 2 is 1.69 bits per heavy atom. The van der Waals surface area contributed by atoms with Crippen LogP contribution in [0.25, 0.3) is 28.2 Å². The molecule has 176 valence electrons. The number of aryl methyl sites for hydroxylation is 1. The van der Waals surface area contributed by atoms with Crippen LogP contribution in [0.2, 0.25) is 5.02 Å². The number of halogens is 1. The molecule has 0 aliphatic carbocycles. The number of hydrogen-bond acceptors (Lipinski definition) is 4. The average Bonchev–Trinajstić information content (AvgIpc) is 3.53. The Kier molecular flexibility index (Phi) is 6.59. The lowest BCUT2D eigenvalue weighted by atomic mass is 9.98. The quantitative estimate of drug-likeness (QED) is 0.314. The number of para-hydroxylation sites is 1. The summed E-state index contributed by atoms with van der Waals surface area (Å²) in [6.45, 7) is 2.64. The van der Waals surface area contributed by atoms with E-state index < -0.39 is 0 Å². The van der Waals surface area contributed by atoms with Crippen LogP contribution < -0.4 is 5.69 Å². The summed E-state index contributed by atoms with van der Waals surface area (Å²) >= 11 is 6.40. The van der Waals surface area contributed by atoms with E-state index in [-0.39, 0.29) is 5.69 Å². The first kappa shape index (κ1) is 22.8. The molecule has 2 heterocycles. The fourth-order valence-electron chi connectivity index (χ4n) is 4.26. The van der Waals surface area contributed by atoms with Crippen LogP contribution in [0, 0.1) is 0 Å². The normalized spacial score (nSPS) is 11.1. The van der Waals surface area contributed by atoms with Crippen molar-refractivity contribution in [3.63, 3.8) is 0 Å². The van der Waals surface area contributed by atoms with Crippen molar-refractivity contribution < 1.29 is 0 Å². The molecular formula is C27H25ClN6O. The number of hydrogen-bond donors (Lipinski definition) is 1. The molecule has 0 spiro atoms. The van der Waals surface area contributed by atoms with E-state index in [1.165, 1.54) is 0 Å². The van der Waals surface area contributed by atoms with Gasteiger partial charge in [0.1, 0.15) is 0 Å². The van der Waals surface area contributed by atoms with Gasteiger partial charge in [0, 0.05) is 17.5 Å². The molecule has 0 atom stereocenters. The third-order valence-corrected chi connectivity index (χ3v) is 6.41. The molecule has 0 saturated heterocycles. The lowest BCUT2D eigenvalue weighted by Crippen LogP contribution is -2.25. The van der Waals surface area contributed by atoms with Crippen LogP contribution in [0.5, 0.6) is 0 Å². The highest BCUT2D eigenvalue weighted by Crippen LogP contribution is 2.30. The van der Waals surface area contributed by atoms with Gasteiger partial charge >= 0.3 is 5.69 Å². The molecule has 0 aliphatic rings. The van der Waals surface area contributed by atoms with Gasteiger partial charge in [0.25, 0.3) is 0 Å². The molecule has 2 aromatic heterocycles. The van der Waals surface area contributed by atoms with Gasteiger partial charge in [0.2, 0.25) is 0 Å². The molecule has 5 aromatic rings. The van der Waals surface area contributed by atoms with Crippen molar-refractivity contribution in [3.8, 4) is 28.2 Å². The van der Waals surface area contributed by atoms with Crippen LogP contribution in [-0.4, -0.2) is 29.8 Å². The molecule has 0 amide bonds. The standard InChI is InChI=1S/C27H25ClN6O/c1-2-3-8-21-18-34(25-12-7-6-11-24(25)28)27(35)33(21)17-19-13-15-20(16-14-19)22-9-4-5-10-23(22)26-29-31-32-30-26/h4-7,9-16,18H,2-3,8,17H2,1H3,(H,29,30,31,32). The smallest absolute Gasteiger partial charge is 0.292 e. The summed E-state index contributed by atoms with van der Waals surface area (Å²) in [6.07, 6.45) is 4.83. The van der Waals surface area contributed by atoms with Crippen LogP contribution in [0.3, 0.4) is 0 Å². The summed E-state index contributed by atoms with van der Waals surface area (Å²) in [5.74, 6) is 0.623. The molecule has 8 heteroatoms. The molecule has 35 heavy (non-hydrogen) atoms. The van der Waals surface area contributed by atoms with Crippen LogP contribution >= 0.6 is 11.6 Å². The highest BCUT2D eigenvalue weighted by atomic mass is 35.5. The van der Waals surface area contributed by atoms with Gasteiger partial charge < -0.3 is 0 Å². The lowest BCUT2D eigenvalue weighted by Gasteiger charge is -2.10. The molecular weight excluding hydrogens is 460 g/mol. The van der Waals surface area contributed by atoms with Crippen molar-refractivity contribution in [1.29, 1.82) is 0 Å². The third kappa shape index (κ3) is 4.68. The number of rotatable bonds is 8. The van der Waals surface area contributed by atoms with Gasteiger partial charge in [-0.15, -0.1) is 5.10 Å². The number of nitrogens with one attached hydrogen (secondary N) is 1. The Morgan fingerprint density at radius 1 is 0.943 bits per heavy atom. The maximum Gasteiger partial charge on any atom is 0.333 e. The SMILES string of the molecule is CCCCc1cn(-c2ccccc2Cl)c(=O)n1Cc1ccc(-c2ccccc2-c2nnn[nH]2)cc1. The zero-order valence-corrected chi connectivity index (χ0v) is 20.1. The second kappa shape index (κ2) is 10.1. The van der Waals surface area contributed by atoms with E-state index in [0.29, 0.717) is 23.1 Å². The minimum absolute atomic E-state index is 0.0866. The number of imidazole rings is 1. The number of aromatic amines is 1. The van der Waals surface area contributed by atoms with E-state index >= 15 is 0 Å². The molecule has 0 radical (unpaired) electrons. The lowest BCUT2D eigenvalue weighted by molar-refractivity contribution is 0.674. The maximum atomic E-state index is 13.4. The highest BCUT2D eigenvalue weighted by molar-refractivity contribution is 6.32. The van der Waals surface area contributed by atoms with E-state index in [9.17, 15) is 4.79 Å². The van der Waals surface area contributed by atoms with E-state index in [1.807, 2.05) is 53.2 Å². The summed E-state index contributed by atoms with van der Waals surface area (Å²) in [5, 5.41) is 14.8. The zero-order valence-electron chi connectivity index (χ0n) is 19.4. The maximum absolute atomic E-state index is 13.4. The Bertz CT molecular complexity index is 1490. The van der Waals surface area contributed by atoms with Crippen molar-refractivity contribution in [3.05, 3.63) is 106 Å². The molecule has 0 aliphatic heterocycles. The summed E-state index contributed by atoms with van der Waals surface area (Å²) in [4.78, 5) is 13.4. The molecule has 7 nitrogen and oxygen atoms in total. The second-order valence-corrected chi connectivity index (χ2v) is 8.81. The van der Waals surface area contributed by atoms with Crippen molar-refractivity contribution in [2.45, 2.75) is 32.7 Å². The molecule has 0 bridgehead atoms. The topological polar surface area (TPSA) is 81.4 Å². The molecule has 5 rings (SSSR count). The molecule has 0 fully saturated rings.